The van der Waals surface area contributed by atoms with Crippen LogP contribution in [-0.4, -0.2) is 23.3 Å². The minimum atomic E-state index is -0.404. The van der Waals surface area contributed by atoms with Gasteiger partial charge in [-0.1, -0.05) is 39.5 Å². The van der Waals surface area contributed by atoms with Gasteiger partial charge in [0.25, 0.3) is 0 Å². The molecule has 0 aromatic heterocycles. The summed E-state index contributed by atoms with van der Waals surface area (Å²) in [4.78, 5) is 0. The van der Waals surface area contributed by atoms with Crippen LogP contribution in [-0.2, 0) is 0 Å². The van der Waals surface area contributed by atoms with Crippen LogP contribution in [0.2, 0.25) is 0 Å². The first-order valence-corrected chi connectivity index (χ1v) is 7.55. The second-order valence-corrected chi connectivity index (χ2v) is 6.67. The lowest BCUT2D eigenvalue weighted by Gasteiger charge is -2.38. The third kappa shape index (κ3) is 3.69. The number of hydrogen-bond donors (Lipinski definition) is 2. The van der Waals surface area contributed by atoms with Crippen molar-refractivity contribution in [3.63, 3.8) is 0 Å². The molecule has 0 radical (unpaired) electrons. The highest BCUT2D eigenvalue weighted by Crippen LogP contribution is 2.31. The van der Waals surface area contributed by atoms with Crippen molar-refractivity contribution in [2.75, 3.05) is 6.54 Å². The molecule has 3 unspecified atom stereocenters. The van der Waals surface area contributed by atoms with E-state index in [0.29, 0.717) is 6.04 Å². The average molecular weight is 239 g/mol. The van der Waals surface area contributed by atoms with E-state index in [1.54, 1.807) is 0 Å². The van der Waals surface area contributed by atoms with Gasteiger partial charge in [-0.3, -0.25) is 0 Å². The van der Waals surface area contributed by atoms with E-state index in [1.807, 2.05) is 0 Å². The third-order valence-corrected chi connectivity index (χ3v) is 4.94. The van der Waals surface area contributed by atoms with Crippen LogP contribution in [0.25, 0.3) is 0 Å². The molecule has 0 heterocycles. The SMILES string of the molecule is CC1CCC(C)C(NCC2(O)CCCCC2)C1. The van der Waals surface area contributed by atoms with Gasteiger partial charge in [-0.25, -0.2) is 0 Å². The molecule has 2 aliphatic rings. The molecule has 2 aliphatic carbocycles. The van der Waals surface area contributed by atoms with E-state index in [-0.39, 0.29) is 0 Å². The molecule has 0 aromatic carbocycles. The molecule has 0 bridgehead atoms. The Kier molecular flexibility index (Phi) is 4.48. The number of aliphatic hydroxyl groups is 1. The third-order valence-electron chi connectivity index (χ3n) is 4.94. The van der Waals surface area contributed by atoms with Crippen LogP contribution in [0.3, 0.4) is 0 Å². The van der Waals surface area contributed by atoms with E-state index in [4.69, 9.17) is 0 Å². The molecule has 3 atom stereocenters. The quantitative estimate of drug-likeness (QED) is 0.793. The first kappa shape index (κ1) is 13.4. The maximum absolute atomic E-state index is 10.5. The summed E-state index contributed by atoms with van der Waals surface area (Å²) in [5.74, 6) is 1.63. The Morgan fingerprint density at radius 1 is 1.12 bits per heavy atom. The second kappa shape index (κ2) is 5.71. The number of nitrogens with one attached hydrogen (secondary N) is 1. The van der Waals surface area contributed by atoms with E-state index >= 15 is 0 Å². The Bertz CT molecular complexity index is 235. The van der Waals surface area contributed by atoms with Crippen LogP contribution in [0.1, 0.15) is 65.2 Å². The van der Waals surface area contributed by atoms with E-state index in [1.165, 1.54) is 38.5 Å². The van der Waals surface area contributed by atoms with Crippen molar-refractivity contribution in [1.82, 2.24) is 5.32 Å². The topological polar surface area (TPSA) is 32.3 Å². The zero-order valence-electron chi connectivity index (χ0n) is 11.5. The van der Waals surface area contributed by atoms with Crippen molar-refractivity contribution >= 4 is 0 Å². The Labute approximate surface area is 106 Å². The zero-order chi connectivity index (χ0) is 12.3. The monoisotopic (exact) mass is 239 g/mol. The molecule has 2 rings (SSSR count). The molecule has 2 N–H and O–H groups in total. The summed E-state index contributed by atoms with van der Waals surface area (Å²) in [5.41, 5.74) is -0.404. The molecule has 2 heteroatoms. The fourth-order valence-corrected chi connectivity index (χ4v) is 3.52. The largest absolute Gasteiger partial charge is 0.389 e. The number of rotatable bonds is 3. The van der Waals surface area contributed by atoms with Crippen LogP contribution in [0, 0.1) is 11.8 Å². The van der Waals surface area contributed by atoms with Gasteiger partial charge >= 0.3 is 0 Å². The van der Waals surface area contributed by atoms with Crippen molar-refractivity contribution in [1.29, 1.82) is 0 Å². The Hall–Kier alpha value is -0.0800. The Balaban J connectivity index is 1.79. The van der Waals surface area contributed by atoms with Crippen molar-refractivity contribution in [2.45, 2.75) is 76.9 Å². The predicted molar refractivity (Wildman–Crippen MR) is 72.0 cm³/mol. The summed E-state index contributed by atoms with van der Waals surface area (Å²) in [5, 5.41) is 14.2. The van der Waals surface area contributed by atoms with E-state index in [2.05, 4.69) is 19.2 Å². The van der Waals surface area contributed by atoms with Crippen LogP contribution >= 0.6 is 0 Å². The molecule has 0 saturated heterocycles. The van der Waals surface area contributed by atoms with Crippen molar-refractivity contribution in [3.8, 4) is 0 Å². The lowest BCUT2D eigenvalue weighted by atomic mass is 9.79. The summed E-state index contributed by atoms with van der Waals surface area (Å²) < 4.78 is 0. The van der Waals surface area contributed by atoms with E-state index < -0.39 is 5.60 Å². The van der Waals surface area contributed by atoms with Crippen LogP contribution < -0.4 is 5.32 Å². The summed E-state index contributed by atoms with van der Waals surface area (Å²) >= 11 is 0. The minimum absolute atomic E-state index is 0.404. The molecule has 2 saturated carbocycles. The number of hydrogen-bond acceptors (Lipinski definition) is 2. The lowest BCUT2D eigenvalue weighted by molar-refractivity contribution is -0.000819. The Morgan fingerprint density at radius 2 is 1.82 bits per heavy atom. The molecule has 2 fully saturated rings. The smallest absolute Gasteiger partial charge is 0.0771 e. The summed E-state index contributed by atoms with van der Waals surface area (Å²) in [6.07, 6.45) is 9.72. The second-order valence-electron chi connectivity index (χ2n) is 6.67. The van der Waals surface area contributed by atoms with Gasteiger partial charge in [-0.15, -0.1) is 0 Å². The summed E-state index contributed by atoms with van der Waals surface area (Å²) in [7, 11) is 0. The van der Waals surface area contributed by atoms with Gasteiger partial charge in [0.1, 0.15) is 0 Å². The molecule has 2 nitrogen and oxygen atoms in total. The van der Waals surface area contributed by atoms with Gasteiger partial charge in [0.15, 0.2) is 0 Å². The fraction of sp³-hybridized carbons (Fsp3) is 1.00. The minimum Gasteiger partial charge on any atom is -0.389 e. The highest BCUT2D eigenvalue weighted by molar-refractivity contribution is 4.88. The van der Waals surface area contributed by atoms with Gasteiger partial charge in [-0.05, 0) is 37.5 Å². The van der Waals surface area contributed by atoms with Crippen molar-refractivity contribution in [2.24, 2.45) is 11.8 Å². The van der Waals surface area contributed by atoms with Crippen LogP contribution in [0.15, 0.2) is 0 Å². The van der Waals surface area contributed by atoms with Gasteiger partial charge in [0, 0.05) is 12.6 Å². The zero-order valence-corrected chi connectivity index (χ0v) is 11.5. The van der Waals surface area contributed by atoms with Crippen molar-refractivity contribution < 1.29 is 5.11 Å². The highest BCUT2D eigenvalue weighted by atomic mass is 16.3. The predicted octanol–water partition coefficient (Wildman–Crippen LogP) is 3.10. The van der Waals surface area contributed by atoms with E-state index in [9.17, 15) is 5.11 Å². The summed E-state index contributed by atoms with van der Waals surface area (Å²) in [6.45, 7) is 5.53. The molecular weight excluding hydrogens is 210 g/mol. The molecule has 17 heavy (non-hydrogen) atoms. The maximum Gasteiger partial charge on any atom is 0.0771 e. The Morgan fingerprint density at radius 3 is 2.53 bits per heavy atom. The summed E-state index contributed by atoms with van der Waals surface area (Å²) in [6, 6.07) is 0.629. The lowest BCUT2D eigenvalue weighted by Crippen LogP contribution is -2.49. The van der Waals surface area contributed by atoms with E-state index in [0.717, 1.165) is 31.2 Å². The van der Waals surface area contributed by atoms with Gasteiger partial charge in [0.05, 0.1) is 5.60 Å². The first-order chi connectivity index (χ1) is 8.09. The average Bonchev–Trinajstić information content (AvgIpc) is 2.31. The molecular formula is C15H29NO. The molecule has 0 aliphatic heterocycles. The van der Waals surface area contributed by atoms with Gasteiger partial charge in [0.2, 0.25) is 0 Å². The highest BCUT2D eigenvalue weighted by Gasteiger charge is 2.32. The molecule has 0 aromatic rings. The molecule has 0 amide bonds. The first-order valence-electron chi connectivity index (χ1n) is 7.55. The van der Waals surface area contributed by atoms with Crippen LogP contribution in [0.4, 0.5) is 0 Å². The van der Waals surface area contributed by atoms with Crippen LogP contribution in [0.5, 0.6) is 0 Å². The maximum atomic E-state index is 10.5. The standard InChI is InChI=1S/C15H29NO/c1-12-6-7-13(2)14(10-12)16-11-15(17)8-4-3-5-9-15/h12-14,16-17H,3-11H2,1-2H3. The fourth-order valence-electron chi connectivity index (χ4n) is 3.52. The molecule has 100 valence electrons. The van der Waals surface area contributed by atoms with Crippen molar-refractivity contribution in [3.05, 3.63) is 0 Å². The molecule has 0 spiro atoms. The normalized spacial score (nSPS) is 37.9. The van der Waals surface area contributed by atoms with Gasteiger partial charge in [-0.2, -0.15) is 0 Å². The van der Waals surface area contributed by atoms with Gasteiger partial charge < -0.3 is 10.4 Å².